The van der Waals surface area contributed by atoms with Crippen LogP contribution in [0.15, 0.2) is 42.5 Å². The van der Waals surface area contributed by atoms with Crippen LogP contribution in [0.1, 0.15) is 38.3 Å². The number of hydrogen-bond acceptors (Lipinski definition) is 2. The highest BCUT2D eigenvalue weighted by atomic mass is 19.1. The zero-order valence-corrected chi connectivity index (χ0v) is 12.7. The molecule has 0 aliphatic carbocycles. The topological polar surface area (TPSA) is 29.5 Å². The number of benzene rings is 2. The van der Waals surface area contributed by atoms with E-state index in [2.05, 4.69) is 20.8 Å². The summed E-state index contributed by atoms with van der Waals surface area (Å²) < 4.78 is 19.3. The van der Waals surface area contributed by atoms with Crippen LogP contribution in [0.25, 0.3) is 0 Å². The van der Waals surface area contributed by atoms with Gasteiger partial charge in [0, 0.05) is 0 Å². The first-order chi connectivity index (χ1) is 9.97. The average molecular weight is 288 g/mol. The molecule has 0 atom stereocenters. The highest BCUT2D eigenvalue weighted by molar-refractivity contribution is 5.39. The molecule has 0 amide bonds. The van der Waals surface area contributed by atoms with E-state index >= 15 is 0 Å². The quantitative estimate of drug-likeness (QED) is 0.856. The zero-order chi connectivity index (χ0) is 15.5. The van der Waals surface area contributed by atoms with Gasteiger partial charge in [-0.15, -0.1) is 0 Å². The van der Waals surface area contributed by atoms with Gasteiger partial charge in [-0.2, -0.15) is 0 Å². The molecule has 0 saturated heterocycles. The first-order valence-electron chi connectivity index (χ1n) is 7.14. The number of halogens is 1. The highest BCUT2D eigenvalue weighted by Crippen LogP contribution is 2.31. The van der Waals surface area contributed by atoms with E-state index in [0.717, 1.165) is 6.42 Å². The van der Waals surface area contributed by atoms with Crippen molar-refractivity contribution in [2.75, 3.05) is 0 Å². The summed E-state index contributed by atoms with van der Waals surface area (Å²) in [6.07, 6.45) is 1.05. The molecule has 0 unspecified atom stereocenters. The van der Waals surface area contributed by atoms with E-state index < -0.39 is 5.82 Å². The molecular weight excluding hydrogens is 267 g/mol. The second-order valence-electron chi connectivity index (χ2n) is 5.74. The van der Waals surface area contributed by atoms with Crippen molar-refractivity contribution in [3.63, 3.8) is 0 Å². The van der Waals surface area contributed by atoms with Crippen LogP contribution in [-0.2, 0) is 12.0 Å². The lowest BCUT2D eigenvalue weighted by molar-refractivity contribution is 0.270. The van der Waals surface area contributed by atoms with E-state index in [9.17, 15) is 9.50 Å². The van der Waals surface area contributed by atoms with Crippen LogP contribution in [0.3, 0.4) is 0 Å². The largest absolute Gasteiger partial charge is 0.457 e. The van der Waals surface area contributed by atoms with E-state index in [4.69, 9.17) is 4.74 Å². The van der Waals surface area contributed by atoms with Crippen LogP contribution in [0, 0.1) is 5.82 Å². The number of rotatable bonds is 5. The highest BCUT2D eigenvalue weighted by Gasteiger charge is 2.17. The standard InChI is InChI=1S/C18H21FO2/c1-4-18(2,3)13-8-10-14(11-9-13)21-17-7-5-6-16(19)15(17)12-20/h5-11,20H,4,12H2,1-3H3. The Bertz CT molecular complexity index is 603. The fourth-order valence-electron chi connectivity index (χ4n) is 2.09. The van der Waals surface area contributed by atoms with E-state index in [-0.39, 0.29) is 17.6 Å². The van der Waals surface area contributed by atoms with Crippen LogP contribution in [0.2, 0.25) is 0 Å². The van der Waals surface area contributed by atoms with E-state index in [1.807, 2.05) is 24.3 Å². The Balaban J connectivity index is 2.24. The number of aliphatic hydroxyl groups is 1. The molecule has 112 valence electrons. The lowest BCUT2D eigenvalue weighted by atomic mass is 9.82. The van der Waals surface area contributed by atoms with Crippen molar-refractivity contribution in [1.82, 2.24) is 0 Å². The molecule has 0 fully saturated rings. The molecule has 0 spiro atoms. The Hall–Kier alpha value is -1.87. The summed E-state index contributed by atoms with van der Waals surface area (Å²) in [4.78, 5) is 0. The third kappa shape index (κ3) is 3.42. The van der Waals surface area contributed by atoms with Gasteiger partial charge in [0.25, 0.3) is 0 Å². The predicted octanol–water partition coefficient (Wildman–Crippen LogP) is 4.80. The molecule has 1 N–H and O–H groups in total. The van der Waals surface area contributed by atoms with E-state index in [0.29, 0.717) is 11.5 Å². The van der Waals surface area contributed by atoms with Crippen molar-refractivity contribution in [2.24, 2.45) is 0 Å². The normalized spacial score (nSPS) is 11.5. The maximum absolute atomic E-state index is 13.6. The molecule has 0 radical (unpaired) electrons. The first kappa shape index (κ1) is 15.5. The van der Waals surface area contributed by atoms with Crippen molar-refractivity contribution in [3.05, 3.63) is 59.4 Å². The van der Waals surface area contributed by atoms with Gasteiger partial charge in [-0.25, -0.2) is 4.39 Å². The van der Waals surface area contributed by atoms with Gasteiger partial charge in [0.2, 0.25) is 0 Å². The van der Waals surface area contributed by atoms with Gasteiger partial charge in [-0.1, -0.05) is 39.0 Å². The summed E-state index contributed by atoms with van der Waals surface area (Å²) in [6, 6.07) is 12.3. The van der Waals surface area contributed by atoms with Crippen molar-refractivity contribution in [1.29, 1.82) is 0 Å². The summed E-state index contributed by atoms with van der Waals surface area (Å²) in [6.45, 7) is 6.16. The number of hydrogen-bond donors (Lipinski definition) is 1. The molecule has 2 rings (SSSR count). The summed E-state index contributed by atoms with van der Waals surface area (Å²) in [5.74, 6) is 0.518. The van der Waals surface area contributed by atoms with E-state index in [1.54, 1.807) is 12.1 Å². The van der Waals surface area contributed by atoms with Crippen molar-refractivity contribution >= 4 is 0 Å². The Labute approximate surface area is 125 Å². The Morgan fingerprint density at radius 3 is 2.33 bits per heavy atom. The molecule has 0 aromatic heterocycles. The second-order valence-corrected chi connectivity index (χ2v) is 5.74. The summed E-state index contributed by atoms with van der Waals surface area (Å²) >= 11 is 0. The van der Waals surface area contributed by atoms with Gasteiger partial charge in [0.1, 0.15) is 17.3 Å². The van der Waals surface area contributed by atoms with Crippen LogP contribution >= 0.6 is 0 Å². The van der Waals surface area contributed by atoms with Gasteiger partial charge < -0.3 is 9.84 Å². The zero-order valence-electron chi connectivity index (χ0n) is 12.7. The van der Waals surface area contributed by atoms with Crippen molar-refractivity contribution in [2.45, 2.75) is 39.2 Å². The van der Waals surface area contributed by atoms with Crippen LogP contribution < -0.4 is 4.74 Å². The van der Waals surface area contributed by atoms with Gasteiger partial charge >= 0.3 is 0 Å². The molecule has 0 aliphatic heterocycles. The predicted molar refractivity (Wildman–Crippen MR) is 82.2 cm³/mol. The average Bonchev–Trinajstić information content (AvgIpc) is 2.48. The fraction of sp³-hybridized carbons (Fsp3) is 0.333. The monoisotopic (exact) mass is 288 g/mol. The minimum absolute atomic E-state index is 0.119. The Kier molecular flexibility index (Phi) is 4.63. The van der Waals surface area contributed by atoms with Gasteiger partial charge in [-0.05, 0) is 41.7 Å². The van der Waals surface area contributed by atoms with Crippen LogP contribution in [0.4, 0.5) is 4.39 Å². The minimum Gasteiger partial charge on any atom is -0.457 e. The molecule has 2 aromatic rings. The molecule has 0 saturated carbocycles. The molecule has 0 aliphatic rings. The number of aliphatic hydroxyl groups excluding tert-OH is 1. The van der Waals surface area contributed by atoms with Crippen LogP contribution in [-0.4, -0.2) is 5.11 Å². The first-order valence-corrected chi connectivity index (χ1v) is 7.14. The van der Waals surface area contributed by atoms with Gasteiger partial charge in [0.15, 0.2) is 0 Å². The fourth-order valence-corrected chi connectivity index (χ4v) is 2.09. The van der Waals surface area contributed by atoms with Crippen LogP contribution in [0.5, 0.6) is 11.5 Å². The van der Waals surface area contributed by atoms with Gasteiger partial charge in [-0.3, -0.25) is 0 Å². The lowest BCUT2D eigenvalue weighted by Crippen LogP contribution is -2.14. The van der Waals surface area contributed by atoms with E-state index in [1.165, 1.54) is 11.6 Å². The molecule has 21 heavy (non-hydrogen) atoms. The molecule has 0 bridgehead atoms. The minimum atomic E-state index is -0.460. The summed E-state index contributed by atoms with van der Waals surface area (Å²) in [5.41, 5.74) is 1.53. The molecular formula is C18H21FO2. The maximum atomic E-state index is 13.6. The molecule has 2 aromatic carbocycles. The molecule has 3 heteroatoms. The maximum Gasteiger partial charge on any atom is 0.135 e. The Morgan fingerprint density at radius 2 is 1.76 bits per heavy atom. The van der Waals surface area contributed by atoms with Crippen molar-refractivity contribution < 1.29 is 14.2 Å². The summed E-state index contributed by atoms with van der Waals surface area (Å²) in [7, 11) is 0. The SMILES string of the molecule is CCC(C)(C)c1ccc(Oc2cccc(F)c2CO)cc1. The Morgan fingerprint density at radius 1 is 1.10 bits per heavy atom. The second kappa shape index (κ2) is 6.27. The molecule has 2 nitrogen and oxygen atoms in total. The van der Waals surface area contributed by atoms with Crippen molar-refractivity contribution in [3.8, 4) is 11.5 Å². The lowest BCUT2D eigenvalue weighted by Gasteiger charge is -2.23. The number of ether oxygens (including phenoxy) is 1. The van der Waals surface area contributed by atoms with Gasteiger partial charge in [0.05, 0.1) is 12.2 Å². The smallest absolute Gasteiger partial charge is 0.135 e. The third-order valence-electron chi connectivity index (χ3n) is 3.98. The molecule has 0 heterocycles. The summed E-state index contributed by atoms with van der Waals surface area (Å²) in [5, 5.41) is 9.24. The third-order valence-corrected chi connectivity index (χ3v) is 3.98.